The van der Waals surface area contributed by atoms with Crippen molar-refractivity contribution in [3.8, 4) is 0 Å². The minimum atomic E-state index is -3.80. The molecule has 1 aromatic carbocycles. The van der Waals surface area contributed by atoms with Gasteiger partial charge in [-0.05, 0) is 93.5 Å². The number of rotatable bonds is 6. The summed E-state index contributed by atoms with van der Waals surface area (Å²) >= 11 is 6.34. The van der Waals surface area contributed by atoms with Crippen molar-refractivity contribution in [1.29, 1.82) is 0 Å². The number of aromatic nitrogens is 3. The third-order valence-electron chi connectivity index (χ3n) is 9.75. The molecule has 0 bridgehead atoms. The Morgan fingerprint density at radius 2 is 1.93 bits per heavy atom. The molecule has 3 fully saturated rings. The second-order valence-electron chi connectivity index (χ2n) is 12.6. The van der Waals surface area contributed by atoms with Gasteiger partial charge in [-0.15, -0.1) is 0 Å². The fourth-order valence-corrected chi connectivity index (χ4v) is 8.91. The number of fused-ring (bicyclic) bond motifs is 1. The smallest absolute Gasteiger partial charge is 0.271 e. The van der Waals surface area contributed by atoms with Gasteiger partial charge in [0.15, 0.2) is 0 Å². The van der Waals surface area contributed by atoms with Crippen LogP contribution in [-0.2, 0) is 10.0 Å². The topological polar surface area (TPSA) is 97.2 Å². The zero-order valence-electron chi connectivity index (χ0n) is 24.0. The van der Waals surface area contributed by atoms with Crippen molar-refractivity contribution in [3.05, 3.63) is 51.4 Å². The number of hydrogen-bond acceptors (Lipinski definition) is 6. The molecular formula is C30H37ClFN5O3S. The first kappa shape index (κ1) is 28.6. The summed E-state index contributed by atoms with van der Waals surface area (Å²) < 4.78 is 45.5. The van der Waals surface area contributed by atoms with Crippen molar-refractivity contribution in [3.63, 3.8) is 0 Å². The first-order chi connectivity index (χ1) is 19.3. The molecule has 0 radical (unpaired) electrons. The van der Waals surface area contributed by atoms with Crippen molar-refractivity contribution in [2.24, 2.45) is 11.3 Å². The predicted molar refractivity (Wildman–Crippen MR) is 159 cm³/mol. The van der Waals surface area contributed by atoms with Crippen LogP contribution in [0.2, 0.25) is 5.02 Å². The molecule has 2 aliphatic carbocycles. The quantitative estimate of drug-likeness (QED) is 0.345. The molecule has 3 heterocycles. The molecule has 1 N–H and O–H groups in total. The second kappa shape index (κ2) is 10.0. The van der Waals surface area contributed by atoms with E-state index in [2.05, 4.69) is 10.3 Å². The summed E-state index contributed by atoms with van der Waals surface area (Å²) in [5, 5.41) is 4.08. The number of piperidine rings is 1. The Labute approximate surface area is 245 Å². The van der Waals surface area contributed by atoms with E-state index in [9.17, 15) is 13.2 Å². The van der Waals surface area contributed by atoms with Gasteiger partial charge in [0.05, 0.1) is 4.90 Å². The molecule has 8 nitrogen and oxygen atoms in total. The maximum atomic E-state index is 15.3. The lowest BCUT2D eigenvalue weighted by Gasteiger charge is -2.42. The Hall–Kier alpha value is -2.56. The molecule has 3 aromatic rings. The number of aryl methyl sites for hydroxylation is 1. The first-order valence-corrected chi connectivity index (χ1v) is 16.3. The summed E-state index contributed by atoms with van der Waals surface area (Å²) in [7, 11) is -3.80. The van der Waals surface area contributed by atoms with Crippen molar-refractivity contribution >= 4 is 44.3 Å². The van der Waals surface area contributed by atoms with E-state index in [0.29, 0.717) is 28.2 Å². The molecule has 3 atom stereocenters. The zero-order valence-corrected chi connectivity index (χ0v) is 25.5. The molecule has 1 spiro atoms. The number of nitrogens with zero attached hydrogens (tertiary/aromatic N) is 4. The van der Waals surface area contributed by atoms with Crippen molar-refractivity contribution in [2.75, 3.05) is 11.9 Å². The Morgan fingerprint density at radius 1 is 1.17 bits per heavy atom. The van der Waals surface area contributed by atoms with E-state index >= 15 is 4.39 Å². The highest BCUT2D eigenvalue weighted by atomic mass is 35.5. The number of alkyl halides is 1. The van der Waals surface area contributed by atoms with E-state index in [1.165, 1.54) is 4.31 Å². The third kappa shape index (κ3) is 4.85. The third-order valence-corrected chi connectivity index (χ3v) is 12.0. The SMILES string of the molecule is Cc1cc(S(=O)(=O)N2CCC(F)(C(C)C)CC2C)ccc1Nc1ncc2cc(Cl)c(=O)n(C3CCCC34CC4)c2n1. The van der Waals surface area contributed by atoms with Gasteiger partial charge in [0, 0.05) is 35.9 Å². The van der Waals surface area contributed by atoms with Crippen LogP contribution in [0.4, 0.5) is 16.0 Å². The lowest BCUT2D eigenvalue weighted by Crippen LogP contribution is -2.51. The second-order valence-corrected chi connectivity index (χ2v) is 14.9. The highest BCUT2D eigenvalue weighted by Crippen LogP contribution is 2.63. The first-order valence-electron chi connectivity index (χ1n) is 14.5. The fraction of sp³-hybridized carbons (Fsp3) is 0.567. The average molecular weight is 602 g/mol. The Bertz CT molecular complexity index is 1690. The molecule has 11 heteroatoms. The van der Waals surface area contributed by atoms with E-state index in [1.807, 2.05) is 20.8 Å². The number of benzene rings is 1. The number of nitrogens with one attached hydrogen (secondary N) is 1. The molecule has 0 amide bonds. The minimum Gasteiger partial charge on any atom is -0.324 e. The molecule has 1 aliphatic heterocycles. The van der Waals surface area contributed by atoms with Crippen LogP contribution >= 0.6 is 11.6 Å². The predicted octanol–water partition coefficient (Wildman–Crippen LogP) is 6.54. The van der Waals surface area contributed by atoms with Gasteiger partial charge in [-0.1, -0.05) is 31.9 Å². The Kier molecular flexibility index (Phi) is 6.98. The van der Waals surface area contributed by atoms with Gasteiger partial charge in [-0.3, -0.25) is 9.36 Å². The van der Waals surface area contributed by atoms with Gasteiger partial charge in [-0.2, -0.15) is 9.29 Å². The molecule has 41 heavy (non-hydrogen) atoms. The van der Waals surface area contributed by atoms with Crippen LogP contribution < -0.4 is 10.9 Å². The number of halogens is 2. The molecule has 3 aliphatic rings. The maximum Gasteiger partial charge on any atom is 0.271 e. The van der Waals surface area contributed by atoms with E-state index in [0.717, 1.165) is 32.1 Å². The van der Waals surface area contributed by atoms with Crippen LogP contribution in [0.5, 0.6) is 0 Å². The molecule has 3 unspecified atom stereocenters. The fourth-order valence-electron chi connectivity index (χ4n) is 6.99. The largest absolute Gasteiger partial charge is 0.324 e. The van der Waals surface area contributed by atoms with Gasteiger partial charge in [-0.25, -0.2) is 17.8 Å². The van der Waals surface area contributed by atoms with Gasteiger partial charge < -0.3 is 5.32 Å². The molecular weight excluding hydrogens is 565 g/mol. The van der Waals surface area contributed by atoms with Crippen LogP contribution in [0.3, 0.4) is 0 Å². The van der Waals surface area contributed by atoms with Crippen LogP contribution in [0, 0.1) is 18.3 Å². The van der Waals surface area contributed by atoms with E-state index in [1.54, 1.807) is 42.0 Å². The average Bonchev–Trinajstić information content (AvgIpc) is 3.58. The van der Waals surface area contributed by atoms with Gasteiger partial charge in [0.2, 0.25) is 16.0 Å². The molecule has 1 saturated heterocycles. The summed E-state index contributed by atoms with van der Waals surface area (Å²) in [5.41, 5.74) is 0.490. The number of anilines is 2. The van der Waals surface area contributed by atoms with Crippen molar-refractivity contribution < 1.29 is 12.8 Å². The molecule has 6 rings (SSSR count). The number of pyridine rings is 1. The molecule has 2 aromatic heterocycles. The summed E-state index contributed by atoms with van der Waals surface area (Å²) in [6, 6.07) is 6.13. The van der Waals surface area contributed by atoms with Crippen LogP contribution in [-0.4, -0.2) is 45.5 Å². The van der Waals surface area contributed by atoms with Gasteiger partial charge in [0.1, 0.15) is 16.3 Å². The minimum absolute atomic E-state index is 0.0745. The van der Waals surface area contributed by atoms with Crippen molar-refractivity contribution in [1.82, 2.24) is 18.8 Å². The number of hydrogen-bond donors (Lipinski definition) is 1. The van der Waals surface area contributed by atoms with Crippen LogP contribution in [0.15, 0.2) is 40.2 Å². The lowest BCUT2D eigenvalue weighted by molar-refractivity contribution is 0.0201. The van der Waals surface area contributed by atoms with E-state index in [-0.39, 0.29) is 52.2 Å². The summed E-state index contributed by atoms with van der Waals surface area (Å²) in [5.74, 6) is 0.145. The Balaban J connectivity index is 1.28. The number of sulfonamides is 1. The normalized spacial score (nSPS) is 26.2. The highest BCUT2D eigenvalue weighted by molar-refractivity contribution is 7.89. The lowest BCUT2D eigenvalue weighted by atomic mass is 9.81. The van der Waals surface area contributed by atoms with Gasteiger partial charge in [0.25, 0.3) is 5.56 Å². The van der Waals surface area contributed by atoms with Crippen LogP contribution in [0.25, 0.3) is 11.0 Å². The standard InChI is InChI=1S/C30H37ClFN5O3S/c1-18(2)30(32)12-13-36(20(4)16-30)41(39,40)22-7-8-24(19(3)14-22)34-28-33-17-21-15-23(31)27(38)37(26(21)35-28)25-6-5-9-29(25)10-11-29/h7-8,14-15,17-18,20,25H,5-6,9-13,16H2,1-4H3,(H,33,34,35). The monoisotopic (exact) mass is 601 g/mol. The summed E-state index contributed by atoms with van der Waals surface area (Å²) in [6.07, 6.45) is 7.39. The zero-order chi connectivity index (χ0) is 29.3. The van der Waals surface area contributed by atoms with Crippen LogP contribution in [0.1, 0.15) is 77.3 Å². The van der Waals surface area contributed by atoms with E-state index in [4.69, 9.17) is 16.6 Å². The van der Waals surface area contributed by atoms with Gasteiger partial charge >= 0.3 is 0 Å². The molecule has 220 valence electrons. The summed E-state index contributed by atoms with van der Waals surface area (Å²) in [6.45, 7) is 7.43. The van der Waals surface area contributed by atoms with E-state index < -0.39 is 21.7 Å². The Morgan fingerprint density at radius 3 is 2.59 bits per heavy atom. The highest BCUT2D eigenvalue weighted by Gasteiger charge is 2.53. The maximum absolute atomic E-state index is 15.3. The summed E-state index contributed by atoms with van der Waals surface area (Å²) in [4.78, 5) is 22.6. The molecule has 2 saturated carbocycles. The van der Waals surface area contributed by atoms with Crippen molar-refractivity contribution in [2.45, 2.75) is 95.3 Å².